The summed E-state index contributed by atoms with van der Waals surface area (Å²) in [6.45, 7) is 2.62. The van der Waals surface area contributed by atoms with Crippen molar-refractivity contribution in [2.45, 2.75) is 12.8 Å². The van der Waals surface area contributed by atoms with Gasteiger partial charge in [-0.05, 0) is 25.1 Å². The first-order chi connectivity index (χ1) is 7.76. The van der Waals surface area contributed by atoms with E-state index < -0.39 is 0 Å². The Morgan fingerprint density at radius 2 is 2.44 bits per heavy atom. The van der Waals surface area contributed by atoms with Crippen LogP contribution in [0.15, 0.2) is 18.2 Å². The molecule has 1 atom stereocenters. The Balaban J connectivity index is 2.28. The van der Waals surface area contributed by atoms with Gasteiger partial charge < -0.3 is 14.6 Å². The van der Waals surface area contributed by atoms with Crippen LogP contribution >= 0.6 is 0 Å². The largest absolute Gasteiger partial charge is 0.493 e. The number of rotatable bonds is 3. The molecule has 0 radical (unpaired) electrons. The molecule has 16 heavy (non-hydrogen) atoms. The van der Waals surface area contributed by atoms with Gasteiger partial charge in [0, 0.05) is 11.5 Å². The molecule has 0 fully saturated rings. The number of ether oxygens (including phenoxy) is 2. The number of carbonyl (C=O) groups excluding carboxylic acids is 1. The summed E-state index contributed by atoms with van der Waals surface area (Å²) in [6.07, 6.45) is 0. The maximum Gasteiger partial charge on any atom is 0.338 e. The highest BCUT2D eigenvalue weighted by Gasteiger charge is 2.24. The number of aliphatic hydroxyl groups excluding tert-OH is 1. The fraction of sp³-hybridized carbons (Fsp3) is 0.417. The Bertz CT molecular complexity index is 400. The van der Waals surface area contributed by atoms with Gasteiger partial charge in [-0.1, -0.05) is 0 Å². The molecule has 0 bridgehead atoms. The van der Waals surface area contributed by atoms with Gasteiger partial charge in [-0.3, -0.25) is 0 Å². The van der Waals surface area contributed by atoms with Crippen LogP contribution in [0.5, 0.6) is 5.75 Å². The Morgan fingerprint density at radius 1 is 1.62 bits per heavy atom. The molecule has 2 rings (SSSR count). The fourth-order valence-electron chi connectivity index (χ4n) is 1.77. The van der Waals surface area contributed by atoms with Gasteiger partial charge in [-0.15, -0.1) is 0 Å². The van der Waals surface area contributed by atoms with Crippen molar-refractivity contribution < 1.29 is 19.4 Å². The molecule has 0 aromatic heterocycles. The molecule has 0 spiro atoms. The highest BCUT2D eigenvalue weighted by Crippen LogP contribution is 2.34. The summed E-state index contributed by atoms with van der Waals surface area (Å²) in [4.78, 5) is 11.5. The third-order valence-corrected chi connectivity index (χ3v) is 2.62. The van der Waals surface area contributed by atoms with E-state index in [0.29, 0.717) is 18.8 Å². The lowest BCUT2D eigenvalue weighted by Gasteiger charge is -2.06. The molecule has 1 aliphatic heterocycles. The number of hydrogen-bond donors (Lipinski definition) is 1. The quantitative estimate of drug-likeness (QED) is 0.784. The van der Waals surface area contributed by atoms with Crippen LogP contribution in [0.3, 0.4) is 0 Å². The highest BCUT2D eigenvalue weighted by atomic mass is 16.5. The first-order valence-corrected chi connectivity index (χ1v) is 5.31. The van der Waals surface area contributed by atoms with Crippen LogP contribution in [0.1, 0.15) is 28.8 Å². The topological polar surface area (TPSA) is 55.8 Å². The molecule has 0 saturated heterocycles. The molecule has 86 valence electrons. The van der Waals surface area contributed by atoms with Crippen molar-refractivity contribution in [2.24, 2.45) is 0 Å². The van der Waals surface area contributed by atoms with E-state index in [9.17, 15) is 4.79 Å². The van der Waals surface area contributed by atoms with Gasteiger partial charge in [-0.2, -0.15) is 0 Å². The second kappa shape index (κ2) is 4.53. The third-order valence-electron chi connectivity index (χ3n) is 2.62. The van der Waals surface area contributed by atoms with Crippen molar-refractivity contribution in [3.8, 4) is 5.75 Å². The molecule has 0 saturated carbocycles. The van der Waals surface area contributed by atoms with E-state index in [1.54, 1.807) is 25.1 Å². The van der Waals surface area contributed by atoms with Gasteiger partial charge in [0.1, 0.15) is 5.75 Å². The average Bonchev–Trinajstić information content (AvgIpc) is 2.71. The van der Waals surface area contributed by atoms with Gasteiger partial charge in [0.05, 0.1) is 25.4 Å². The van der Waals surface area contributed by atoms with E-state index in [-0.39, 0.29) is 18.5 Å². The van der Waals surface area contributed by atoms with Gasteiger partial charge >= 0.3 is 5.97 Å². The fourth-order valence-corrected chi connectivity index (χ4v) is 1.77. The van der Waals surface area contributed by atoms with E-state index in [0.717, 1.165) is 11.3 Å². The highest BCUT2D eigenvalue weighted by molar-refractivity contribution is 5.90. The van der Waals surface area contributed by atoms with Crippen molar-refractivity contribution >= 4 is 5.97 Å². The Kier molecular flexibility index (Phi) is 3.10. The number of benzene rings is 1. The smallest absolute Gasteiger partial charge is 0.338 e. The van der Waals surface area contributed by atoms with Gasteiger partial charge in [-0.25, -0.2) is 4.79 Å². The summed E-state index contributed by atoms with van der Waals surface area (Å²) in [5.41, 5.74) is 1.39. The lowest BCUT2D eigenvalue weighted by molar-refractivity contribution is 0.0526. The Labute approximate surface area is 93.8 Å². The number of carbonyl (C=O) groups is 1. The zero-order valence-electron chi connectivity index (χ0n) is 9.10. The van der Waals surface area contributed by atoms with Crippen molar-refractivity contribution in [1.82, 2.24) is 0 Å². The normalized spacial score (nSPS) is 17.8. The van der Waals surface area contributed by atoms with Crippen LogP contribution in [0, 0.1) is 0 Å². The first-order valence-electron chi connectivity index (χ1n) is 5.31. The second-order valence-corrected chi connectivity index (χ2v) is 3.66. The van der Waals surface area contributed by atoms with Crippen molar-refractivity contribution in [3.63, 3.8) is 0 Å². The Morgan fingerprint density at radius 3 is 3.12 bits per heavy atom. The van der Waals surface area contributed by atoms with E-state index in [1.807, 2.05) is 0 Å². The summed E-state index contributed by atoms with van der Waals surface area (Å²) in [5, 5.41) is 9.15. The molecular formula is C12H14O4. The maximum absolute atomic E-state index is 11.5. The lowest BCUT2D eigenvalue weighted by atomic mass is 10.00. The predicted octanol–water partition coefficient (Wildman–Crippen LogP) is 1.33. The summed E-state index contributed by atoms with van der Waals surface area (Å²) >= 11 is 0. The zero-order valence-corrected chi connectivity index (χ0v) is 9.10. The number of hydrogen-bond acceptors (Lipinski definition) is 4. The van der Waals surface area contributed by atoms with Crippen molar-refractivity contribution in [2.75, 3.05) is 19.8 Å². The number of fused-ring (bicyclic) bond motifs is 1. The van der Waals surface area contributed by atoms with Gasteiger partial charge in [0.15, 0.2) is 0 Å². The maximum atomic E-state index is 11.5. The molecule has 4 nitrogen and oxygen atoms in total. The molecule has 1 aliphatic rings. The monoisotopic (exact) mass is 222 g/mol. The molecule has 0 aliphatic carbocycles. The zero-order chi connectivity index (χ0) is 11.5. The van der Waals surface area contributed by atoms with Crippen molar-refractivity contribution in [3.05, 3.63) is 29.3 Å². The second-order valence-electron chi connectivity index (χ2n) is 3.66. The molecule has 1 aromatic carbocycles. The minimum absolute atomic E-state index is 0.0271. The minimum atomic E-state index is -0.339. The van der Waals surface area contributed by atoms with Crippen molar-refractivity contribution in [1.29, 1.82) is 0 Å². The molecule has 1 aromatic rings. The van der Waals surface area contributed by atoms with Crippen LogP contribution in [0.2, 0.25) is 0 Å². The molecule has 1 N–H and O–H groups in total. The van der Waals surface area contributed by atoms with E-state index in [4.69, 9.17) is 14.6 Å². The summed E-state index contributed by atoms with van der Waals surface area (Å²) in [6, 6.07) is 5.16. The molecule has 4 heteroatoms. The predicted molar refractivity (Wildman–Crippen MR) is 57.7 cm³/mol. The van der Waals surface area contributed by atoms with Gasteiger partial charge in [0.25, 0.3) is 0 Å². The molecular weight excluding hydrogens is 208 g/mol. The third kappa shape index (κ3) is 1.88. The molecule has 1 unspecified atom stereocenters. The summed E-state index contributed by atoms with van der Waals surface area (Å²) in [5.74, 6) is 0.366. The number of esters is 1. The summed E-state index contributed by atoms with van der Waals surface area (Å²) < 4.78 is 10.3. The summed E-state index contributed by atoms with van der Waals surface area (Å²) in [7, 11) is 0. The van der Waals surface area contributed by atoms with E-state index in [2.05, 4.69) is 0 Å². The van der Waals surface area contributed by atoms with Crippen LogP contribution in [0.25, 0.3) is 0 Å². The van der Waals surface area contributed by atoms with Crippen LogP contribution in [-0.2, 0) is 4.74 Å². The first kappa shape index (κ1) is 11.0. The lowest BCUT2D eigenvalue weighted by Crippen LogP contribution is -2.07. The molecule has 1 heterocycles. The van der Waals surface area contributed by atoms with Crippen LogP contribution in [-0.4, -0.2) is 30.9 Å². The standard InChI is InChI=1S/C12H14O4/c1-2-15-12(14)8-3-4-11-10(5-8)9(6-13)7-16-11/h3-5,9,13H,2,6-7H2,1H3. The van der Waals surface area contributed by atoms with Crippen LogP contribution < -0.4 is 4.74 Å². The SMILES string of the molecule is CCOC(=O)c1ccc2c(c1)C(CO)CO2. The Hall–Kier alpha value is -1.55. The van der Waals surface area contributed by atoms with E-state index >= 15 is 0 Å². The minimum Gasteiger partial charge on any atom is -0.493 e. The van der Waals surface area contributed by atoms with Crippen LogP contribution in [0.4, 0.5) is 0 Å². The molecule has 0 amide bonds. The average molecular weight is 222 g/mol. The van der Waals surface area contributed by atoms with E-state index in [1.165, 1.54) is 0 Å². The number of aliphatic hydroxyl groups is 1. The van der Waals surface area contributed by atoms with Gasteiger partial charge in [0.2, 0.25) is 0 Å².